The van der Waals surface area contributed by atoms with E-state index < -0.39 is 6.10 Å². The SMILES string of the molecule is Cc1cc(Cl)ccc1OC(C)C(=O)N/N=C/c1ccc(OCc2ccccc2)cc1. The highest BCUT2D eigenvalue weighted by Gasteiger charge is 2.15. The number of amides is 1. The molecule has 0 aliphatic carbocycles. The van der Waals surface area contributed by atoms with E-state index in [1.165, 1.54) is 0 Å². The van der Waals surface area contributed by atoms with Crippen molar-refractivity contribution in [2.75, 3.05) is 0 Å². The lowest BCUT2D eigenvalue weighted by Crippen LogP contribution is -2.33. The number of carbonyl (C=O) groups is 1. The van der Waals surface area contributed by atoms with E-state index in [2.05, 4.69) is 10.5 Å². The molecular formula is C24H23ClN2O3. The predicted molar refractivity (Wildman–Crippen MR) is 119 cm³/mol. The molecule has 0 saturated carbocycles. The molecule has 1 amide bonds. The van der Waals surface area contributed by atoms with Gasteiger partial charge in [-0.15, -0.1) is 0 Å². The van der Waals surface area contributed by atoms with E-state index in [4.69, 9.17) is 21.1 Å². The molecular weight excluding hydrogens is 400 g/mol. The summed E-state index contributed by atoms with van der Waals surface area (Å²) in [6.45, 7) is 4.05. The van der Waals surface area contributed by atoms with Crippen molar-refractivity contribution in [1.29, 1.82) is 0 Å². The number of hydrazone groups is 1. The number of benzene rings is 3. The largest absolute Gasteiger partial charge is 0.489 e. The molecule has 3 rings (SSSR count). The van der Waals surface area contributed by atoms with Crippen LogP contribution < -0.4 is 14.9 Å². The van der Waals surface area contributed by atoms with Crippen molar-refractivity contribution in [2.24, 2.45) is 5.10 Å². The van der Waals surface area contributed by atoms with E-state index in [1.807, 2.05) is 61.5 Å². The van der Waals surface area contributed by atoms with Crippen LogP contribution in [-0.2, 0) is 11.4 Å². The maximum absolute atomic E-state index is 12.2. The molecule has 0 radical (unpaired) electrons. The first-order valence-electron chi connectivity index (χ1n) is 9.54. The molecule has 0 spiro atoms. The van der Waals surface area contributed by atoms with Crippen LogP contribution in [0.1, 0.15) is 23.6 Å². The number of halogens is 1. The number of carbonyl (C=O) groups excluding carboxylic acids is 1. The maximum atomic E-state index is 12.2. The van der Waals surface area contributed by atoms with E-state index in [-0.39, 0.29) is 5.91 Å². The smallest absolute Gasteiger partial charge is 0.280 e. The third kappa shape index (κ3) is 6.36. The second-order valence-corrected chi connectivity index (χ2v) is 7.18. The van der Waals surface area contributed by atoms with Crippen molar-refractivity contribution in [2.45, 2.75) is 26.6 Å². The summed E-state index contributed by atoms with van der Waals surface area (Å²) in [5.41, 5.74) is 5.30. The summed E-state index contributed by atoms with van der Waals surface area (Å²) in [5.74, 6) is 1.03. The second kappa shape index (κ2) is 10.5. The Morgan fingerprint density at radius 1 is 1.10 bits per heavy atom. The van der Waals surface area contributed by atoms with Crippen molar-refractivity contribution >= 4 is 23.7 Å². The van der Waals surface area contributed by atoms with Gasteiger partial charge in [-0.3, -0.25) is 4.79 Å². The summed E-state index contributed by atoms with van der Waals surface area (Å²) in [7, 11) is 0. The quantitative estimate of drug-likeness (QED) is 0.403. The summed E-state index contributed by atoms with van der Waals surface area (Å²) in [4.78, 5) is 12.2. The Morgan fingerprint density at radius 2 is 1.83 bits per heavy atom. The van der Waals surface area contributed by atoms with E-state index in [9.17, 15) is 4.79 Å². The second-order valence-electron chi connectivity index (χ2n) is 6.75. The molecule has 0 heterocycles. The van der Waals surface area contributed by atoms with E-state index in [1.54, 1.807) is 31.3 Å². The topological polar surface area (TPSA) is 59.9 Å². The fourth-order valence-corrected chi connectivity index (χ4v) is 2.87. The molecule has 0 bridgehead atoms. The Labute approximate surface area is 181 Å². The first-order chi connectivity index (χ1) is 14.5. The Hall–Kier alpha value is -3.31. The number of ether oxygens (including phenoxy) is 2. The van der Waals surface area contributed by atoms with E-state index in [0.29, 0.717) is 17.4 Å². The van der Waals surface area contributed by atoms with Crippen molar-refractivity contribution in [3.05, 3.63) is 94.5 Å². The number of hydrogen-bond acceptors (Lipinski definition) is 4. The minimum absolute atomic E-state index is 0.344. The number of nitrogens with one attached hydrogen (secondary N) is 1. The monoisotopic (exact) mass is 422 g/mol. The average molecular weight is 423 g/mol. The van der Waals surface area contributed by atoms with Crippen LogP contribution in [-0.4, -0.2) is 18.2 Å². The van der Waals surface area contributed by atoms with E-state index in [0.717, 1.165) is 22.4 Å². The van der Waals surface area contributed by atoms with Gasteiger partial charge in [0.15, 0.2) is 6.10 Å². The highest BCUT2D eigenvalue weighted by Crippen LogP contribution is 2.22. The third-order valence-corrected chi connectivity index (χ3v) is 4.56. The van der Waals surface area contributed by atoms with Gasteiger partial charge in [-0.2, -0.15) is 5.10 Å². The van der Waals surface area contributed by atoms with Gasteiger partial charge in [-0.25, -0.2) is 5.43 Å². The van der Waals surface area contributed by atoms with Crippen LogP contribution in [0, 0.1) is 6.92 Å². The van der Waals surface area contributed by atoms with Gasteiger partial charge in [0, 0.05) is 5.02 Å². The molecule has 1 N–H and O–H groups in total. The van der Waals surface area contributed by atoms with Gasteiger partial charge in [0.05, 0.1) is 6.21 Å². The number of rotatable bonds is 8. The minimum atomic E-state index is -0.698. The zero-order valence-corrected chi connectivity index (χ0v) is 17.6. The fourth-order valence-electron chi connectivity index (χ4n) is 2.64. The lowest BCUT2D eigenvalue weighted by atomic mass is 10.2. The molecule has 0 aliphatic rings. The van der Waals surface area contributed by atoms with Crippen LogP contribution in [0.4, 0.5) is 0 Å². The molecule has 3 aromatic carbocycles. The molecule has 0 saturated heterocycles. The Morgan fingerprint density at radius 3 is 2.53 bits per heavy atom. The first-order valence-corrected chi connectivity index (χ1v) is 9.91. The summed E-state index contributed by atoms with van der Waals surface area (Å²) in [6.07, 6.45) is 0.870. The normalized spacial score (nSPS) is 11.8. The van der Waals surface area contributed by atoms with Crippen LogP contribution in [0.3, 0.4) is 0 Å². The third-order valence-electron chi connectivity index (χ3n) is 4.33. The summed E-state index contributed by atoms with van der Waals surface area (Å²) in [6, 6.07) is 22.7. The highest BCUT2D eigenvalue weighted by molar-refractivity contribution is 6.30. The number of aryl methyl sites for hydroxylation is 1. The van der Waals surface area contributed by atoms with Gasteiger partial charge < -0.3 is 9.47 Å². The molecule has 0 aromatic heterocycles. The molecule has 3 aromatic rings. The van der Waals surface area contributed by atoms with Crippen molar-refractivity contribution in [3.8, 4) is 11.5 Å². The molecule has 6 heteroatoms. The van der Waals surface area contributed by atoms with Crippen molar-refractivity contribution in [1.82, 2.24) is 5.43 Å². The van der Waals surface area contributed by atoms with Crippen LogP contribution in [0.15, 0.2) is 77.9 Å². The lowest BCUT2D eigenvalue weighted by Gasteiger charge is -2.14. The zero-order valence-electron chi connectivity index (χ0n) is 16.8. The van der Waals surface area contributed by atoms with Crippen LogP contribution in [0.2, 0.25) is 5.02 Å². The molecule has 30 heavy (non-hydrogen) atoms. The average Bonchev–Trinajstić information content (AvgIpc) is 2.75. The summed E-state index contributed by atoms with van der Waals surface area (Å²) >= 11 is 5.94. The van der Waals surface area contributed by atoms with Crippen molar-refractivity contribution in [3.63, 3.8) is 0 Å². The van der Waals surface area contributed by atoms with Gasteiger partial charge in [0.1, 0.15) is 18.1 Å². The highest BCUT2D eigenvalue weighted by atomic mass is 35.5. The Kier molecular flexibility index (Phi) is 7.46. The summed E-state index contributed by atoms with van der Waals surface area (Å²) < 4.78 is 11.4. The van der Waals surface area contributed by atoms with E-state index >= 15 is 0 Å². The molecule has 1 atom stereocenters. The van der Waals surface area contributed by atoms with Gasteiger partial charge >= 0.3 is 0 Å². The Bertz CT molecular complexity index is 1000. The first kappa shape index (κ1) is 21.4. The standard InChI is InChI=1S/C24H23ClN2O3/c1-17-14-21(25)10-13-23(17)30-18(2)24(28)27-26-15-19-8-11-22(12-9-19)29-16-20-6-4-3-5-7-20/h3-15,18H,16H2,1-2H3,(H,27,28)/b26-15+. The van der Waals surface area contributed by atoms with Gasteiger partial charge in [-0.1, -0.05) is 41.9 Å². The molecule has 0 fully saturated rings. The van der Waals surface area contributed by atoms with Crippen LogP contribution >= 0.6 is 11.6 Å². The van der Waals surface area contributed by atoms with Crippen LogP contribution in [0.25, 0.3) is 0 Å². The maximum Gasteiger partial charge on any atom is 0.280 e. The lowest BCUT2D eigenvalue weighted by molar-refractivity contribution is -0.127. The molecule has 154 valence electrons. The van der Waals surface area contributed by atoms with Crippen LogP contribution in [0.5, 0.6) is 11.5 Å². The number of nitrogens with zero attached hydrogens (tertiary/aromatic N) is 1. The molecule has 5 nitrogen and oxygen atoms in total. The van der Waals surface area contributed by atoms with Gasteiger partial charge in [0.2, 0.25) is 0 Å². The Balaban J connectivity index is 1.47. The molecule has 0 aliphatic heterocycles. The van der Waals surface area contributed by atoms with Gasteiger partial charge in [-0.05, 0) is 73.0 Å². The predicted octanol–water partition coefficient (Wildman–Crippen LogP) is 5.15. The van der Waals surface area contributed by atoms with Gasteiger partial charge in [0.25, 0.3) is 5.91 Å². The number of hydrogen-bond donors (Lipinski definition) is 1. The summed E-state index contributed by atoms with van der Waals surface area (Å²) in [5, 5.41) is 4.62. The van der Waals surface area contributed by atoms with Crippen molar-refractivity contribution < 1.29 is 14.3 Å². The fraction of sp³-hybridized carbons (Fsp3) is 0.167. The zero-order chi connectivity index (χ0) is 21.3. The minimum Gasteiger partial charge on any atom is -0.489 e. The molecule has 1 unspecified atom stereocenters.